The van der Waals surface area contributed by atoms with E-state index in [2.05, 4.69) is 34.3 Å². The molecule has 1 atom stereocenters. The number of nitrogens with one attached hydrogen (secondary N) is 1. The third-order valence-electron chi connectivity index (χ3n) is 4.79. The van der Waals surface area contributed by atoms with Gasteiger partial charge in [0, 0.05) is 49.6 Å². The number of carbonyl (C=O) groups excluding carboxylic acids is 1. The van der Waals surface area contributed by atoms with Crippen molar-refractivity contribution in [1.29, 1.82) is 0 Å². The highest BCUT2D eigenvalue weighted by Crippen LogP contribution is 2.17. The van der Waals surface area contributed by atoms with Crippen molar-refractivity contribution < 1.29 is 9.53 Å². The SMILES string of the molecule is CCc1ccc(CNC(=NC)N2CCN(C(=O)C3CCCO3)CC2)s1.I. The molecule has 1 aromatic heterocycles. The number of rotatable bonds is 4. The van der Waals surface area contributed by atoms with Gasteiger partial charge in [-0.2, -0.15) is 0 Å². The highest BCUT2D eigenvalue weighted by atomic mass is 127. The van der Waals surface area contributed by atoms with Crippen molar-refractivity contribution in [2.45, 2.75) is 38.8 Å². The summed E-state index contributed by atoms with van der Waals surface area (Å²) >= 11 is 1.85. The fourth-order valence-corrected chi connectivity index (χ4v) is 4.22. The molecule has 8 heteroatoms. The van der Waals surface area contributed by atoms with Gasteiger partial charge in [-0.15, -0.1) is 35.3 Å². The number of halogens is 1. The molecule has 146 valence electrons. The average molecular weight is 492 g/mol. The van der Waals surface area contributed by atoms with Crippen LogP contribution in [0.5, 0.6) is 0 Å². The van der Waals surface area contributed by atoms with E-state index in [1.165, 1.54) is 9.75 Å². The van der Waals surface area contributed by atoms with Crippen LogP contribution < -0.4 is 5.32 Å². The molecule has 26 heavy (non-hydrogen) atoms. The summed E-state index contributed by atoms with van der Waals surface area (Å²) in [6.45, 7) is 6.78. The van der Waals surface area contributed by atoms with E-state index in [9.17, 15) is 4.79 Å². The van der Waals surface area contributed by atoms with Gasteiger partial charge in [0.15, 0.2) is 5.96 Å². The first-order valence-corrected chi connectivity index (χ1v) is 9.96. The topological polar surface area (TPSA) is 57.2 Å². The molecule has 0 saturated carbocycles. The first-order valence-electron chi connectivity index (χ1n) is 9.15. The molecule has 1 unspecified atom stereocenters. The monoisotopic (exact) mass is 492 g/mol. The van der Waals surface area contributed by atoms with Crippen LogP contribution in [-0.2, 0) is 22.5 Å². The zero-order valence-corrected chi connectivity index (χ0v) is 18.7. The average Bonchev–Trinajstić information content (AvgIpc) is 3.34. The Kier molecular flexibility index (Phi) is 8.62. The number of hydrogen-bond acceptors (Lipinski definition) is 4. The highest BCUT2D eigenvalue weighted by molar-refractivity contribution is 14.0. The summed E-state index contributed by atoms with van der Waals surface area (Å²) in [5, 5.41) is 3.45. The third-order valence-corrected chi connectivity index (χ3v) is 6.02. The van der Waals surface area contributed by atoms with E-state index in [4.69, 9.17) is 4.74 Å². The number of ether oxygens (including phenoxy) is 1. The van der Waals surface area contributed by atoms with Gasteiger partial charge in [0.05, 0.1) is 6.54 Å². The summed E-state index contributed by atoms with van der Waals surface area (Å²) < 4.78 is 5.52. The maximum atomic E-state index is 12.4. The second-order valence-corrected chi connectivity index (χ2v) is 7.69. The Balaban J connectivity index is 0.00000243. The first-order chi connectivity index (χ1) is 12.2. The number of guanidine groups is 1. The molecule has 2 saturated heterocycles. The van der Waals surface area contributed by atoms with Crippen molar-refractivity contribution in [3.63, 3.8) is 0 Å². The minimum atomic E-state index is -0.212. The molecule has 0 spiro atoms. The van der Waals surface area contributed by atoms with Crippen LogP contribution in [0.25, 0.3) is 0 Å². The van der Waals surface area contributed by atoms with Gasteiger partial charge < -0.3 is 19.9 Å². The number of aryl methyl sites for hydroxylation is 1. The summed E-state index contributed by atoms with van der Waals surface area (Å²) in [4.78, 5) is 23.7. The lowest BCUT2D eigenvalue weighted by Gasteiger charge is -2.37. The number of aliphatic imine (C=N–C) groups is 1. The standard InChI is InChI=1S/C18H28N4O2S.HI/c1-3-14-6-7-15(25-14)13-20-18(19-2)22-10-8-21(9-11-22)17(23)16-5-4-12-24-16;/h6-7,16H,3-5,8-13H2,1-2H3,(H,19,20);1H. The second-order valence-electron chi connectivity index (χ2n) is 6.44. The van der Waals surface area contributed by atoms with Gasteiger partial charge in [-0.3, -0.25) is 9.79 Å². The Bertz CT molecular complexity index is 608. The van der Waals surface area contributed by atoms with E-state index in [1.807, 2.05) is 23.3 Å². The van der Waals surface area contributed by atoms with Gasteiger partial charge in [0.25, 0.3) is 5.91 Å². The van der Waals surface area contributed by atoms with Crippen LogP contribution in [0.2, 0.25) is 0 Å². The molecule has 0 bridgehead atoms. The van der Waals surface area contributed by atoms with E-state index in [1.54, 1.807) is 0 Å². The van der Waals surface area contributed by atoms with E-state index in [-0.39, 0.29) is 36.0 Å². The van der Waals surface area contributed by atoms with Crippen LogP contribution in [0.15, 0.2) is 17.1 Å². The normalized spacial score (nSPS) is 20.8. The van der Waals surface area contributed by atoms with Gasteiger partial charge in [-0.1, -0.05) is 6.92 Å². The maximum absolute atomic E-state index is 12.4. The number of piperazine rings is 1. The molecule has 1 aromatic rings. The van der Waals surface area contributed by atoms with Crippen LogP contribution in [0.1, 0.15) is 29.5 Å². The lowest BCUT2D eigenvalue weighted by molar-refractivity contribution is -0.142. The number of nitrogens with zero attached hydrogens (tertiary/aromatic N) is 3. The maximum Gasteiger partial charge on any atom is 0.251 e. The fraction of sp³-hybridized carbons (Fsp3) is 0.667. The molecule has 6 nitrogen and oxygen atoms in total. The number of hydrogen-bond donors (Lipinski definition) is 1. The minimum absolute atomic E-state index is 0. The molecule has 0 aromatic carbocycles. The Hall–Kier alpha value is -0.870. The highest BCUT2D eigenvalue weighted by Gasteiger charge is 2.30. The molecule has 2 aliphatic rings. The van der Waals surface area contributed by atoms with Crippen molar-refractivity contribution in [2.75, 3.05) is 39.8 Å². The lowest BCUT2D eigenvalue weighted by Crippen LogP contribution is -2.55. The van der Waals surface area contributed by atoms with Crippen molar-refractivity contribution >= 4 is 47.2 Å². The van der Waals surface area contributed by atoms with E-state index < -0.39 is 0 Å². The van der Waals surface area contributed by atoms with Crippen molar-refractivity contribution in [3.05, 3.63) is 21.9 Å². The fourth-order valence-electron chi connectivity index (χ4n) is 3.32. The molecule has 1 amide bonds. The summed E-state index contributed by atoms with van der Waals surface area (Å²) in [6, 6.07) is 4.38. The predicted molar refractivity (Wildman–Crippen MR) is 116 cm³/mol. The van der Waals surface area contributed by atoms with Gasteiger partial charge in [0.1, 0.15) is 6.10 Å². The molecule has 2 aliphatic heterocycles. The number of thiophene rings is 1. The van der Waals surface area contributed by atoms with Crippen LogP contribution in [0.3, 0.4) is 0 Å². The zero-order chi connectivity index (χ0) is 17.6. The van der Waals surface area contributed by atoms with Crippen LogP contribution in [0, 0.1) is 0 Å². The molecule has 2 fully saturated rings. The molecule has 0 aliphatic carbocycles. The van der Waals surface area contributed by atoms with E-state index >= 15 is 0 Å². The first kappa shape index (κ1) is 21.4. The molecule has 0 radical (unpaired) electrons. The van der Waals surface area contributed by atoms with E-state index in [0.29, 0.717) is 0 Å². The van der Waals surface area contributed by atoms with Crippen molar-refractivity contribution in [1.82, 2.24) is 15.1 Å². The Morgan fingerprint density at radius 2 is 1.96 bits per heavy atom. The number of carbonyl (C=O) groups is 1. The predicted octanol–water partition coefficient (Wildman–Crippen LogP) is 2.33. The third kappa shape index (κ3) is 5.32. The van der Waals surface area contributed by atoms with Crippen LogP contribution in [-0.4, -0.2) is 67.6 Å². The van der Waals surface area contributed by atoms with Crippen molar-refractivity contribution in [2.24, 2.45) is 4.99 Å². The summed E-state index contributed by atoms with van der Waals surface area (Å²) in [5.41, 5.74) is 0. The largest absolute Gasteiger partial charge is 0.368 e. The minimum Gasteiger partial charge on any atom is -0.368 e. The summed E-state index contributed by atoms with van der Waals surface area (Å²) in [5.74, 6) is 1.07. The molecule has 1 N–H and O–H groups in total. The quantitative estimate of drug-likeness (QED) is 0.399. The Labute approximate surface area is 177 Å². The van der Waals surface area contributed by atoms with E-state index in [0.717, 1.165) is 64.6 Å². The second kappa shape index (κ2) is 10.5. The van der Waals surface area contributed by atoms with Gasteiger partial charge in [-0.05, 0) is 31.4 Å². The van der Waals surface area contributed by atoms with Gasteiger partial charge in [0.2, 0.25) is 0 Å². The summed E-state index contributed by atoms with van der Waals surface area (Å²) in [7, 11) is 1.82. The Morgan fingerprint density at radius 3 is 2.54 bits per heavy atom. The van der Waals surface area contributed by atoms with Gasteiger partial charge >= 0.3 is 0 Å². The number of amides is 1. The van der Waals surface area contributed by atoms with Crippen molar-refractivity contribution in [3.8, 4) is 0 Å². The molecular formula is C18H29IN4O2S. The lowest BCUT2D eigenvalue weighted by atomic mass is 10.2. The zero-order valence-electron chi connectivity index (χ0n) is 15.6. The molecule has 3 rings (SSSR count). The van der Waals surface area contributed by atoms with Crippen LogP contribution >= 0.6 is 35.3 Å². The summed E-state index contributed by atoms with van der Waals surface area (Å²) in [6.07, 6.45) is 2.73. The van der Waals surface area contributed by atoms with Gasteiger partial charge in [-0.25, -0.2) is 0 Å². The molecule has 3 heterocycles. The Morgan fingerprint density at radius 1 is 1.27 bits per heavy atom. The molecular weight excluding hydrogens is 463 g/mol. The van der Waals surface area contributed by atoms with Crippen LogP contribution in [0.4, 0.5) is 0 Å². The smallest absolute Gasteiger partial charge is 0.251 e.